The Balaban J connectivity index is 1.76. The average molecular weight is 406 g/mol. The van der Waals surface area contributed by atoms with Gasteiger partial charge in [-0.25, -0.2) is 13.4 Å². The van der Waals surface area contributed by atoms with Gasteiger partial charge in [-0.2, -0.15) is 0 Å². The van der Waals surface area contributed by atoms with Crippen LogP contribution in [0.2, 0.25) is 0 Å². The summed E-state index contributed by atoms with van der Waals surface area (Å²) in [5.74, 6) is -0.640. The molecule has 24 heavy (non-hydrogen) atoms. The van der Waals surface area contributed by atoms with Gasteiger partial charge in [-0.3, -0.25) is 10.2 Å². The number of pyridine rings is 1. The maximum atomic E-state index is 12.2. The van der Waals surface area contributed by atoms with Crippen molar-refractivity contribution in [2.24, 2.45) is 0 Å². The molecular formula is C16H12BrN3O3S. The Morgan fingerprint density at radius 2 is 1.79 bits per heavy atom. The number of hydrogen-bond acceptors (Lipinski definition) is 4. The van der Waals surface area contributed by atoms with Crippen molar-refractivity contribution in [2.75, 3.05) is 0 Å². The van der Waals surface area contributed by atoms with E-state index in [0.29, 0.717) is 9.99 Å². The number of rotatable bonds is 4. The molecule has 0 saturated carbocycles. The maximum absolute atomic E-state index is 12.2. The molecule has 6 nitrogen and oxygen atoms in total. The SMILES string of the molecule is O=C(NNS(=O)(=O)c1cccc(Br)c1)c1ccc2ccccc2n1. The highest BCUT2D eigenvalue weighted by atomic mass is 79.9. The van der Waals surface area contributed by atoms with Crippen molar-refractivity contribution >= 4 is 42.8 Å². The number of hydrazine groups is 1. The summed E-state index contributed by atoms with van der Waals surface area (Å²) in [4.78, 5) is 18.4. The van der Waals surface area contributed by atoms with Gasteiger partial charge in [-0.05, 0) is 30.3 Å². The second kappa shape index (κ2) is 6.68. The smallest absolute Gasteiger partial charge is 0.272 e. The summed E-state index contributed by atoms with van der Waals surface area (Å²) < 4.78 is 24.9. The zero-order valence-corrected chi connectivity index (χ0v) is 14.6. The first-order valence-corrected chi connectivity index (χ1v) is 9.17. The summed E-state index contributed by atoms with van der Waals surface area (Å²) in [5, 5.41) is 0.892. The molecule has 122 valence electrons. The number of halogens is 1. The zero-order valence-electron chi connectivity index (χ0n) is 12.2. The van der Waals surface area contributed by atoms with E-state index in [2.05, 4.69) is 31.2 Å². The molecule has 1 amide bonds. The van der Waals surface area contributed by atoms with E-state index in [0.717, 1.165) is 5.39 Å². The Bertz CT molecular complexity index is 1020. The van der Waals surface area contributed by atoms with Gasteiger partial charge in [-0.15, -0.1) is 4.83 Å². The number of para-hydroxylation sites is 1. The molecular weight excluding hydrogens is 394 g/mol. The first-order valence-electron chi connectivity index (χ1n) is 6.89. The van der Waals surface area contributed by atoms with E-state index in [-0.39, 0.29) is 10.6 Å². The number of nitrogens with zero attached hydrogens (tertiary/aromatic N) is 1. The monoisotopic (exact) mass is 405 g/mol. The minimum atomic E-state index is -3.87. The fourth-order valence-corrected chi connectivity index (χ4v) is 3.50. The van der Waals surface area contributed by atoms with Gasteiger partial charge in [0.2, 0.25) is 0 Å². The lowest BCUT2D eigenvalue weighted by molar-refractivity contribution is 0.0940. The molecule has 2 N–H and O–H groups in total. The molecule has 0 saturated heterocycles. The number of hydrogen-bond donors (Lipinski definition) is 2. The van der Waals surface area contributed by atoms with Gasteiger partial charge >= 0.3 is 0 Å². The molecule has 1 heterocycles. The van der Waals surface area contributed by atoms with Gasteiger partial charge in [-0.1, -0.05) is 46.3 Å². The topological polar surface area (TPSA) is 88.2 Å². The molecule has 0 aliphatic rings. The summed E-state index contributed by atoms with van der Waals surface area (Å²) in [6.07, 6.45) is 0. The van der Waals surface area contributed by atoms with Crippen LogP contribution in [0.4, 0.5) is 0 Å². The predicted octanol–water partition coefficient (Wildman–Crippen LogP) is 2.62. The number of amides is 1. The van der Waals surface area contributed by atoms with E-state index >= 15 is 0 Å². The molecule has 0 atom stereocenters. The minimum Gasteiger partial charge on any atom is -0.272 e. The van der Waals surface area contributed by atoms with Crippen LogP contribution in [-0.2, 0) is 10.0 Å². The Morgan fingerprint density at radius 1 is 1.00 bits per heavy atom. The summed E-state index contributed by atoms with van der Waals surface area (Å²) >= 11 is 3.20. The maximum Gasteiger partial charge on any atom is 0.284 e. The standard InChI is InChI=1S/C16H12BrN3O3S/c17-12-5-3-6-13(10-12)24(22,23)20-19-16(21)15-9-8-11-4-1-2-7-14(11)18-15/h1-10,20H,(H,19,21). The van der Waals surface area contributed by atoms with Gasteiger partial charge in [0.25, 0.3) is 15.9 Å². The molecule has 0 radical (unpaired) electrons. The molecule has 0 fully saturated rings. The Morgan fingerprint density at radius 3 is 2.58 bits per heavy atom. The Labute approximate surface area is 147 Å². The molecule has 3 aromatic rings. The quantitative estimate of drug-likeness (QED) is 0.652. The van der Waals surface area contributed by atoms with Crippen LogP contribution in [0.5, 0.6) is 0 Å². The third-order valence-corrected chi connectivity index (χ3v) is 4.97. The third kappa shape index (κ3) is 3.61. The zero-order chi connectivity index (χ0) is 17.2. The van der Waals surface area contributed by atoms with E-state index in [9.17, 15) is 13.2 Å². The van der Waals surface area contributed by atoms with Crippen molar-refractivity contribution in [3.63, 3.8) is 0 Å². The molecule has 1 aromatic heterocycles. The summed E-state index contributed by atoms with van der Waals surface area (Å²) in [6.45, 7) is 0. The minimum absolute atomic E-state index is 0.0312. The lowest BCUT2D eigenvalue weighted by Gasteiger charge is -2.09. The number of benzene rings is 2. The van der Waals surface area contributed by atoms with Crippen LogP contribution in [0.3, 0.4) is 0 Å². The highest BCUT2D eigenvalue weighted by Crippen LogP contribution is 2.15. The fourth-order valence-electron chi connectivity index (χ4n) is 2.06. The lowest BCUT2D eigenvalue weighted by atomic mass is 10.2. The Hall–Kier alpha value is -2.29. The van der Waals surface area contributed by atoms with Gasteiger partial charge in [0, 0.05) is 9.86 Å². The fraction of sp³-hybridized carbons (Fsp3) is 0. The molecule has 0 bridgehead atoms. The highest BCUT2D eigenvalue weighted by molar-refractivity contribution is 9.10. The summed E-state index contributed by atoms with van der Waals surface area (Å²) in [7, 11) is -3.87. The molecule has 8 heteroatoms. The second-order valence-electron chi connectivity index (χ2n) is 4.91. The number of fused-ring (bicyclic) bond motifs is 1. The molecule has 3 rings (SSSR count). The molecule has 0 spiro atoms. The van der Waals surface area contributed by atoms with E-state index in [1.54, 1.807) is 24.3 Å². The van der Waals surface area contributed by atoms with Crippen LogP contribution < -0.4 is 10.3 Å². The highest BCUT2D eigenvalue weighted by Gasteiger charge is 2.16. The second-order valence-corrected chi connectivity index (χ2v) is 7.50. The Kier molecular flexibility index (Phi) is 4.61. The van der Waals surface area contributed by atoms with Crippen molar-refractivity contribution in [2.45, 2.75) is 4.90 Å². The van der Waals surface area contributed by atoms with E-state index in [4.69, 9.17) is 0 Å². The third-order valence-electron chi connectivity index (χ3n) is 3.24. The normalized spacial score (nSPS) is 11.4. The average Bonchev–Trinajstić information content (AvgIpc) is 2.59. The number of sulfonamides is 1. The van der Waals surface area contributed by atoms with Crippen LogP contribution in [0.25, 0.3) is 10.9 Å². The van der Waals surface area contributed by atoms with Gasteiger partial charge < -0.3 is 0 Å². The number of carbonyl (C=O) groups is 1. The first kappa shape index (κ1) is 16.6. The predicted molar refractivity (Wildman–Crippen MR) is 93.7 cm³/mol. The lowest BCUT2D eigenvalue weighted by Crippen LogP contribution is -2.41. The number of nitrogens with one attached hydrogen (secondary N) is 2. The first-order chi connectivity index (χ1) is 11.5. The van der Waals surface area contributed by atoms with E-state index in [1.807, 2.05) is 18.2 Å². The van der Waals surface area contributed by atoms with E-state index < -0.39 is 15.9 Å². The summed E-state index contributed by atoms with van der Waals surface area (Å²) in [6, 6.07) is 16.8. The van der Waals surface area contributed by atoms with Gasteiger partial charge in [0.05, 0.1) is 10.4 Å². The molecule has 0 aliphatic heterocycles. The van der Waals surface area contributed by atoms with Crippen molar-refractivity contribution in [3.8, 4) is 0 Å². The number of carbonyl (C=O) groups excluding carboxylic acids is 1. The van der Waals surface area contributed by atoms with Crippen LogP contribution in [0.15, 0.2) is 70.0 Å². The van der Waals surface area contributed by atoms with Gasteiger partial charge in [0.15, 0.2) is 0 Å². The van der Waals surface area contributed by atoms with Crippen LogP contribution in [-0.4, -0.2) is 19.3 Å². The van der Waals surface area contributed by atoms with Crippen molar-refractivity contribution in [1.82, 2.24) is 15.2 Å². The molecule has 2 aromatic carbocycles. The van der Waals surface area contributed by atoms with Crippen molar-refractivity contribution < 1.29 is 13.2 Å². The molecule has 0 unspecified atom stereocenters. The largest absolute Gasteiger partial charge is 0.284 e. The van der Waals surface area contributed by atoms with Crippen molar-refractivity contribution in [3.05, 3.63) is 70.8 Å². The van der Waals surface area contributed by atoms with E-state index in [1.165, 1.54) is 18.2 Å². The van der Waals surface area contributed by atoms with Crippen LogP contribution in [0, 0.1) is 0 Å². The molecule has 0 aliphatic carbocycles. The van der Waals surface area contributed by atoms with Crippen molar-refractivity contribution in [1.29, 1.82) is 0 Å². The van der Waals surface area contributed by atoms with Crippen LogP contribution in [0.1, 0.15) is 10.5 Å². The summed E-state index contributed by atoms with van der Waals surface area (Å²) in [5.41, 5.74) is 2.94. The van der Waals surface area contributed by atoms with Crippen LogP contribution >= 0.6 is 15.9 Å². The number of aromatic nitrogens is 1. The van der Waals surface area contributed by atoms with Gasteiger partial charge in [0.1, 0.15) is 5.69 Å².